The van der Waals surface area contributed by atoms with Gasteiger partial charge in [0.1, 0.15) is 17.3 Å². The number of anilines is 1. The first-order valence-corrected chi connectivity index (χ1v) is 10.9. The zero-order chi connectivity index (χ0) is 26.2. The number of aromatic nitrogens is 2. The summed E-state index contributed by atoms with van der Waals surface area (Å²) in [6, 6.07) is 15.0. The van der Waals surface area contributed by atoms with Gasteiger partial charge in [-0.25, -0.2) is 8.91 Å². The molecule has 184 valence electrons. The summed E-state index contributed by atoms with van der Waals surface area (Å²) in [5.41, 5.74) is -0.563. The van der Waals surface area contributed by atoms with E-state index < -0.39 is 34.6 Å². The summed E-state index contributed by atoms with van der Waals surface area (Å²) in [7, 11) is 0. The fourth-order valence-corrected chi connectivity index (χ4v) is 3.94. The van der Waals surface area contributed by atoms with Crippen molar-refractivity contribution >= 4 is 22.9 Å². The molecule has 2 aromatic heterocycles. The maximum atomic E-state index is 15.0. The lowest BCUT2D eigenvalue weighted by molar-refractivity contribution is -0.137. The van der Waals surface area contributed by atoms with Crippen LogP contribution in [0.3, 0.4) is 0 Å². The molecule has 1 aliphatic rings. The smallest absolute Gasteiger partial charge is 0.347 e. The molecule has 0 saturated carbocycles. The van der Waals surface area contributed by atoms with Crippen LogP contribution in [0.5, 0.6) is 0 Å². The number of hydrogen-bond acceptors (Lipinski definition) is 5. The Morgan fingerprint density at radius 3 is 2.59 bits per heavy atom. The molecule has 37 heavy (non-hydrogen) atoms. The number of rotatable bonds is 4. The molecule has 0 aliphatic carbocycles. The SMILES string of the molecule is N#Cc1ccn2nc(-c3ccccc3)c(NC(=O)c3cc(C4=NCC=CN4)c(C(F)(F)F)cc3F)c2c1. The van der Waals surface area contributed by atoms with E-state index in [1.807, 2.05) is 6.07 Å². The summed E-state index contributed by atoms with van der Waals surface area (Å²) in [6.07, 6.45) is -0.330. The second kappa shape index (κ2) is 9.23. The van der Waals surface area contributed by atoms with Gasteiger partial charge in [0, 0.05) is 23.5 Å². The Bertz CT molecular complexity index is 1630. The minimum absolute atomic E-state index is 0.128. The minimum Gasteiger partial charge on any atom is -0.347 e. The Hall–Kier alpha value is -4.98. The first-order chi connectivity index (χ1) is 17.8. The summed E-state index contributed by atoms with van der Waals surface area (Å²) < 4.78 is 57.5. The summed E-state index contributed by atoms with van der Waals surface area (Å²) in [5.74, 6) is -2.48. The van der Waals surface area contributed by atoms with Gasteiger partial charge in [0.25, 0.3) is 5.91 Å². The van der Waals surface area contributed by atoms with Gasteiger partial charge >= 0.3 is 6.18 Å². The van der Waals surface area contributed by atoms with Gasteiger partial charge in [0.15, 0.2) is 0 Å². The van der Waals surface area contributed by atoms with E-state index in [2.05, 4.69) is 20.7 Å². The number of amidine groups is 1. The molecule has 0 fully saturated rings. The van der Waals surface area contributed by atoms with Crippen LogP contribution in [0.2, 0.25) is 0 Å². The molecular weight excluding hydrogens is 488 g/mol. The minimum atomic E-state index is -4.88. The molecule has 0 unspecified atom stereocenters. The summed E-state index contributed by atoms with van der Waals surface area (Å²) in [5, 5.41) is 19.0. The molecule has 4 aromatic rings. The Balaban J connectivity index is 1.63. The average molecular weight is 504 g/mol. The number of aliphatic imine (C=N–C) groups is 1. The molecule has 5 rings (SSSR count). The van der Waals surface area contributed by atoms with E-state index in [9.17, 15) is 27.6 Å². The van der Waals surface area contributed by atoms with E-state index in [0.29, 0.717) is 22.3 Å². The summed E-state index contributed by atoms with van der Waals surface area (Å²) in [6.45, 7) is 0.128. The fraction of sp³-hybridized carbons (Fsp3) is 0.0769. The van der Waals surface area contributed by atoms with E-state index in [1.54, 1.807) is 36.4 Å². The van der Waals surface area contributed by atoms with E-state index in [4.69, 9.17) is 0 Å². The van der Waals surface area contributed by atoms with Crippen molar-refractivity contribution in [2.24, 2.45) is 4.99 Å². The molecule has 0 bridgehead atoms. The van der Waals surface area contributed by atoms with Crippen LogP contribution in [-0.4, -0.2) is 27.9 Å². The second-order valence-corrected chi connectivity index (χ2v) is 8.01. The molecule has 2 N–H and O–H groups in total. The maximum absolute atomic E-state index is 15.0. The normalized spacial score (nSPS) is 13.1. The first-order valence-electron chi connectivity index (χ1n) is 10.9. The van der Waals surface area contributed by atoms with E-state index >= 15 is 0 Å². The average Bonchev–Trinajstić information content (AvgIpc) is 3.26. The first kappa shape index (κ1) is 23.7. The number of benzene rings is 2. The van der Waals surface area contributed by atoms with Gasteiger partial charge in [-0.2, -0.15) is 23.5 Å². The summed E-state index contributed by atoms with van der Waals surface area (Å²) >= 11 is 0. The van der Waals surface area contributed by atoms with Crippen molar-refractivity contribution in [2.45, 2.75) is 6.18 Å². The van der Waals surface area contributed by atoms with Crippen LogP contribution >= 0.6 is 0 Å². The number of amides is 1. The van der Waals surface area contributed by atoms with Crippen molar-refractivity contribution in [2.75, 3.05) is 11.9 Å². The molecule has 0 spiro atoms. The third-order valence-corrected chi connectivity index (χ3v) is 5.65. The van der Waals surface area contributed by atoms with Crippen LogP contribution in [0.1, 0.15) is 27.0 Å². The topological polar surface area (TPSA) is 94.6 Å². The predicted octanol–water partition coefficient (Wildman–Crippen LogP) is 5.15. The van der Waals surface area contributed by atoms with Gasteiger partial charge in [-0.05, 0) is 30.3 Å². The van der Waals surface area contributed by atoms with Crippen LogP contribution < -0.4 is 10.6 Å². The number of alkyl halides is 3. The number of halogens is 4. The highest BCUT2D eigenvalue weighted by molar-refractivity contribution is 6.11. The molecule has 0 radical (unpaired) electrons. The number of pyridine rings is 1. The van der Waals surface area contributed by atoms with Crippen LogP contribution in [0.15, 0.2) is 78.1 Å². The number of carbonyl (C=O) groups excluding carboxylic acids is 1. The molecule has 0 saturated heterocycles. The van der Waals surface area contributed by atoms with Crippen LogP contribution in [0.25, 0.3) is 16.8 Å². The molecule has 11 heteroatoms. The maximum Gasteiger partial charge on any atom is 0.417 e. The number of nitriles is 1. The van der Waals surface area contributed by atoms with Gasteiger partial charge in [-0.3, -0.25) is 9.79 Å². The largest absolute Gasteiger partial charge is 0.417 e. The van der Waals surface area contributed by atoms with Gasteiger partial charge < -0.3 is 10.6 Å². The van der Waals surface area contributed by atoms with E-state index in [-0.39, 0.29) is 24.1 Å². The molecule has 0 atom stereocenters. The number of fused-ring (bicyclic) bond motifs is 1. The van der Waals surface area contributed by atoms with Crippen molar-refractivity contribution in [3.8, 4) is 17.3 Å². The number of nitrogens with one attached hydrogen (secondary N) is 2. The molecule has 1 aliphatic heterocycles. The second-order valence-electron chi connectivity index (χ2n) is 8.01. The molecule has 7 nitrogen and oxygen atoms in total. The quantitative estimate of drug-likeness (QED) is 0.376. The zero-order valence-corrected chi connectivity index (χ0v) is 18.8. The number of nitrogens with zero attached hydrogens (tertiary/aromatic N) is 4. The van der Waals surface area contributed by atoms with Crippen molar-refractivity contribution < 1.29 is 22.4 Å². The third kappa shape index (κ3) is 4.52. The zero-order valence-electron chi connectivity index (χ0n) is 18.8. The van der Waals surface area contributed by atoms with Gasteiger partial charge in [0.2, 0.25) is 0 Å². The Morgan fingerprint density at radius 2 is 1.92 bits per heavy atom. The molecule has 2 aromatic carbocycles. The molecular formula is C26H16F4N6O. The third-order valence-electron chi connectivity index (χ3n) is 5.65. The lowest BCUT2D eigenvalue weighted by Gasteiger charge is -2.18. The predicted molar refractivity (Wildman–Crippen MR) is 128 cm³/mol. The standard InChI is InChI=1S/C26H16F4N6O/c27-20-13-19(26(28,29)30)17(24-32-8-4-9-33-24)12-18(20)25(37)34-23-21-11-15(14-31)7-10-36(21)35-22(23)16-5-2-1-3-6-16/h1-8,10-13H,9H2,(H,32,33)(H,34,37). The van der Waals surface area contributed by atoms with Crippen LogP contribution in [-0.2, 0) is 6.18 Å². The highest BCUT2D eigenvalue weighted by Crippen LogP contribution is 2.35. The van der Waals surface area contributed by atoms with E-state index in [1.165, 1.54) is 29.0 Å². The monoisotopic (exact) mass is 504 g/mol. The highest BCUT2D eigenvalue weighted by atomic mass is 19.4. The highest BCUT2D eigenvalue weighted by Gasteiger charge is 2.36. The fourth-order valence-electron chi connectivity index (χ4n) is 3.94. The Morgan fingerprint density at radius 1 is 1.14 bits per heavy atom. The van der Waals surface area contributed by atoms with Crippen molar-refractivity contribution in [3.63, 3.8) is 0 Å². The van der Waals surface area contributed by atoms with Crippen molar-refractivity contribution in [1.82, 2.24) is 14.9 Å². The van der Waals surface area contributed by atoms with Gasteiger partial charge in [-0.1, -0.05) is 30.3 Å². The summed E-state index contributed by atoms with van der Waals surface area (Å²) in [4.78, 5) is 17.3. The van der Waals surface area contributed by atoms with Gasteiger partial charge in [0.05, 0.1) is 40.5 Å². The van der Waals surface area contributed by atoms with Crippen molar-refractivity contribution in [3.05, 3.63) is 101 Å². The lowest BCUT2D eigenvalue weighted by Crippen LogP contribution is -2.27. The van der Waals surface area contributed by atoms with E-state index in [0.717, 1.165) is 6.07 Å². The lowest BCUT2D eigenvalue weighted by atomic mass is 10.0. The van der Waals surface area contributed by atoms with Gasteiger partial charge in [-0.15, -0.1) is 0 Å². The number of hydrogen-bond donors (Lipinski definition) is 2. The molecule has 1 amide bonds. The van der Waals surface area contributed by atoms with Crippen molar-refractivity contribution in [1.29, 1.82) is 5.26 Å². The molecule has 3 heterocycles. The number of carbonyl (C=O) groups is 1. The van der Waals surface area contributed by atoms with Crippen LogP contribution in [0, 0.1) is 17.1 Å². The Labute approximate surface area is 207 Å². The Kier molecular flexibility index (Phi) is 5.93. The van der Waals surface area contributed by atoms with Crippen LogP contribution in [0.4, 0.5) is 23.2 Å².